The highest BCUT2D eigenvalue weighted by Crippen LogP contribution is 2.43. The number of carboxylic acids is 1. The third kappa shape index (κ3) is 3.47. The summed E-state index contributed by atoms with van der Waals surface area (Å²) in [5, 5.41) is 8.89. The highest BCUT2D eigenvalue weighted by Gasteiger charge is 2.40. The van der Waals surface area contributed by atoms with Gasteiger partial charge in [0.2, 0.25) is 0 Å². The normalized spacial score (nSPS) is 31.6. The van der Waals surface area contributed by atoms with Crippen LogP contribution in [0.5, 0.6) is 0 Å². The molecule has 3 heteroatoms. The fourth-order valence-electron chi connectivity index (χ4n) is 3.68. The molecule has 0 heterocycles. The van der Waals surface area contributed by atoms with Gasteiger partial charge in [0.05, 0.1) is 6.42 Å². The van der Waals surface area contributed by atoms with Crippen LogP contribution in [0.2, 0.25) is 0 Å². The fraction of sp³-hybridized carbons (Fsp3) is 0.933. The van der Waals surface area contributed by atoms with E-state index in [2.05, 4.69) is 25.7 Å². The zero-order chi connectivity index (χ0) is 13.3. The van der Waals surface area contributed by atoms with E-state index in [-0.39, 0.29) is 0 Å². The second kappa shape index (κ2) is 5.20. The largest absolute Gasteiger partial charge is 0.481 e. The summed E-state index contributed by atoms with van der Waals surface area (Å²) in [6.45, 7) is 7.81. The Morgan fingerprint density at radius 1 is 1.33 bits per heavy atom. The van der Waals surface area contributed by atoms with Crippen molar-refractivity contribution in [1.82, 2.24) is 4.90 Å². The van der Waals surface area contributed by atoms with Crippen LogP contribution < -0.4 is 0 Å². The summed E-state index contributed by atoms with van der Waals surface area (Å²) in [7, 11) is 0. The van der Waals surface area contributed by atoms with E-state index in [1.54, 1.807) is 0 Å². The highest BCUT2D eigenvalue weighted by molar-refractivity contribution is 5.66. The molecule has 0 aromatic rings. The van der Waals surface area contributed by atoms with Crippen molar-refractivity contribution in [3.8, 4) is 0 Å². The van der Waals surface area contributed by atoms with Gasteiger partial charge in [0.1, 0.15) is 0 Å². The topological polar surface area (TPSA) is 40.5 Å². The Kier molecular flexibility index (Phi) is 4.00. The molecule has 0 aromatic heterocycles. The van der Waals surface area contributed by atoms with Crippen molar-refractivity contribution < 1.29 is 9.90 Å². The van der Waals surface area contributed by atoms with Crippen molar-refractivity contribution in [2.75, 3.05) is 6.54 Å². The molecule has 2 rings (SSSR count). The van der Waals surface area contributed by atoms with Crippen molar-refractivity contribution in [1.29, 1.82) is 0 Å². The van der Waals surface area contributed by atoms with Crippen LogP contribution in [0.4, 0.5) is 0 Å². The number of carboxylic acid groups (broad SMARTS) is 1. The molecule has 2 atom stereocenters. The Morgan fingerprint density at radius 3 is 2.50 bits per heavy atom. The Morgan fingerprint density at radius 2 is 2.00 bits per heavy atom. The van der Waals surface area contributed by atoms with Gasteiger partial charge in [-0.15, -0.1) is 0 Å². The molecule has 18 heavy (non-hydrogen) atoms. The summed E-state index contributed by atoms with van der Waals surface area (Å²) in [5.41, 5.74) is 0.470. The minimum absolute atomic E-state index is 0.295. The van der Waals surface area contributed by atoms with E-state index in [0.717, 1.165) is 6.54 Å². The molecular weight excluding hydrogens is 226 g/mol. The number of hydrogen-bond acceptors (Lipinski definition) is 2. The second-order valence-corrected chi connectivity index (χ2v) is 7.06. The van der Waals surface area contributed by atoms with Crippen LogP contribution in [-0.2, 0) is 4.79 Å². The third-order valence-electron chi connectivity index (χ3n) is 4.67. The van der Waals surface area contributed by atoms with Gasteiger partial charge in [-0.2, -0.15) is 0 Å². The van der Waals surface area contributed by atoms with Gasteiger partial charge >= 0.3 is 5.97 Å². The lowest BCUT2D eigenvalue weighted by molar-refractivity contribution is -0.137. The van der Waals surface area contributed by atoms with Gasteiger partial charge in [-0.05, 0) is 43.4 Å². The van der Waals surface area contributed by atoms with Gasteiger partial charge in [0, 0.05) is 18.6 Å². The van der Waals surface area contributed by atoms with Crippen LogP contribution in [0, 0.1) is 11.3 Å². The number of nitrogens with zero attached hydrogens (tertiary/aromatic N) is 1. The van der Waals surface area contributed by atoms with Crippen LogP contribution in [0.3, 0.4) is 0 Å². The smallest absolute Gasteiger partial charge is 0.304 e. The van der Waals surface area contributed by atoms with Crippen LogP contribution >= 0.6 is 0 Å². The van der Waals surface area contributed by atoms with Crippen LogP contribution in [0.1, 0.15) is 59.3 Å². The number of carbonyl (C=O) groups is 1. The minimum Gasteiger partial charge on any atom is -0.481 e. The minimum atomic E-state index is -0.663. The first-order chi connectivity index (χ1) is 8.39. The third-order valence-corrected chi connectivity index (χ3v) is 4.67. The maximum Gasteiger partial charge on any atom is 0.304 e. The maximum absolute atomic E-state index is 10.8. The van der Waals surface area contributed by atoms with Crippen LogP contribution in [0.25, 0.3) is 0 Å². The number of aliphatic carboxylic acids is 1. The molecule has 2 unspecified atom stereocenters. The lowest BCUT2D eigenvalue weighted by Crippen LogP contribution is -2.46. The molecule has 0 aromatic carbocycles. The monoisotopic (exact) mass is 253 g/mol. The molecule has 2 fully saturated rings. The van der Waals surface area contributed by atoms with Gasteiger partial charge in [-0.3, -0.25) is 9.69 Å². The highest BCUT2D eigenvalue weighted by atomic mass is 16.4. The molecule has 1 N–H and O–H groups in total. The fourth-order valence-corrected chi connectivity index (χ4v) is 3.68. The standard InChI is InChI=1S/C15H27NO2/c1-11-10-15(2,3)8-6-13(11)16(12-4-5-12)9-7-14(17)18/h11-13H,4-10H2,1-3H3,(H,17,18). The first-order valence-corrected chi connectivity index (χ1v) is 7.36. The van der Waals surface area contributed by atoms with Crippen molar-refractivity contribution in [3.05, 3.63) is 0 Å². The summed E-state index contributed by atoms with van der Waals surface area (Å²) < 4.78 is 0. The zero-order valence-electron chi connectivity index (χ0n) is 12.0. The quantitative estimate of drug-likeness (QED) is 0.818. The molecule has 2 aliphatic rings. The van der Waals surface area contributed by atoms with Crippen molar-refractivity contribution in [2.45, 2.75) is 71.4 Å². The number of rotatable bonds is 5. The molecule has 2 saturated carbocycles. The lowest BCUT2D eigenvalue weighted by Gasteiger charge is -2.44. The van der Waals surface area contributed by atoms with Gasteiger partial charge in [0.25, 0.3) is 0 Å². The molecule has 0 aliphatic heterocycles. The molecule has 3 nitrogen and oxygen atoms in total. The Bertz CT molecular complexity index is 310. The molecule has 0 radical (unpaired) electrons. The Balaban J connectivity index is 1.96. The molecule has 0 spiro atoms. The summed E-state index contributed by atoms with van der Waals surface area (Å²) in [5.74, 6) is 0.0348. The van der Waals surface area contributed by atoms with Crippen molar-refractivity contribution in [3.63, 3.8) is 0 Å². The molecule has 0 bridgehead atoms. The van der Waals surface area contributed by atoms with Gasteiger partial charge in [0.15, 0.2) is 0 Å². The summed E-state index contributed by atoms with van der Waals surface area (Å²) in [4.78, 5) is 13.3. The van der Waals surface area contributed by atoms with E-state index in [1.165, 1.54) is 32.1 Å². The van der Waals surface area contributed by atoms with Crippen LogP contribution in [0.15, 0.2) is 0 Å². The zero-order valence-corrected chi connectivity index (χ0v) is 12.0. The van der Waals surface area contributed by atoms with Gasteiger partial charge in [-0.1, -0.05) is 20.8 Å². The lowest BCUT2D eigenvalue weighted by atomic mass is 9.70. The average molecular weight is 253 g/mol. The van der Waals surface area contributed by atoms with E-state index in [0.29, 0.717) is 29.8 Å². The molecular formula is C15H27NO2. The summed E-state index contributed by atoms with van der Waals surface area (Å²) in [6, 6.07) is 1.29. The van der Waals surface area contributed by atoms with E-state index in [4.69, 9.17) is 5.11 Å². The van der Waals surface area contributed by atoms with Crippen LogP contribution in [-0.4, -0.2) is 34.6 Å². The van der Waals surface area contributed by atoms with Crippen molar-refractivity contribution >= 4 is 5.97 Å². The molecule has 0 saturated heterocycles. The van der Waals surface area contributed by atoms with E-state index < -0.39 is 5.97 Å². The SMILES string of the molecule is CC1CC(C)(C)CCC1N(CCC(=O)O)C1CC1. The first-order valence-electron chi connectivity index (χ1n) is 7.36. The molecule has 2 aliphatic carbocycles. The summed E-state index contributed by atoms with van der Waals surface area (Å²) in [6.07, 6.45) is 6.62. The van der Waals surface area contributed by atoms with E-state index >= 15 is 0 Å². The van der Waals surface area contributed by atoms with E-state index in [9.17, 15) is 4.79 Å². The van der Waals surface area contributed by atoms with E-state index in [1.807, 2.05) is 0 Å². The first kappa shape index (κ1) is 13.9. The maximum atomic E-state index is 10.8. The van der Waals surface area contributed by atoms with Gasteiger partial charge < -0.3 is 5.11 Å². The predicted molar refractivity (Wildman–Crippen MR) is 72.6 cm³/mol. The molecule has 104 valence electrons. The Hall–Kier alpha value is -0.570. The Labute approximate surface area is 111 Å². The molecule has 0 amide bonds. The second-order valence-electron chi connectivity index (χ2n) is 7.06. The number of hydrogen-bond donors (Lipinski definition) is 1. The summed E-state index contributed by atoms with van der Waals surface area (Å²) >= 11 is 0. The van der Waals surface area contributed by atoms with Gasteiger partial charge in [-0.25, -0.2) is 0 Å². The predicted octanol–water partition coefficient (Wildman–Crippen LogP) is 3.14. The average Bonchev–Trinajstić information content (AvgIpc) is 3.03. The van der Waals surface area contributed by atoms with Crippen molar-refractivity contribution in [2.24, 2.45) is 11.3 Å².